The third kappa shape index (κ3) is 10.8. The van der Waals surface area contributed by atoms with Gasteiger partial charge in [-0.15, -0.1) is 10.2 Å². The molecule has 0 saturated heterocycles. The van der Waals surface area contributed by atoms with Gasteiger partial charge in [-0.25, -0.2) is 4.79 Å². The molecule has 0 bridgehead atoms. The van der Waals surface area contributed by atoms with Gasteiger partial charge in [0.2, 0.25) is 0 Å². The molecule has 0 atom stereocenters. The molecule has 0 spiro atoms. The zero-order chi connectivity index (χ0) is 24.1. The van der Waals surface area contributed by atoms with Crippen LogP contribution < -0.4 is 0 Å². The van der Waals surface area contributed by atoms with Crippen molar-refractivity contribution >= 4 is 125 Å². The van der Waals surface area contributed by atoms with E-state index in [1.807, 2.05) is 0 Å². The second kappa shape index (κ2) is 17.6. The van der Waals surface area contributed by atoms with Gasteiger partial charge in [0, 0.05) is 5.39 Å². The number of hydrogen-bond donors (Lipinski definition) is 5. The van der Waals surface area contributed by atoms with Crippen molar-refractivity contribution in [1.29, 1.82) is 0 Å². The Labute approximate surface area is 272 Å². The Kier molecular flexibility index (Phi) is 19.3. The molecule has 0 radical (unpaired) electrons. The van der Waals surface area contributed by atoms with Gasteiger partial charge < -0.3 is 13.1 Å². The van der Waals surface area contributed by atoms with Gasteiger partial charge in [0.05, 0.1) is 0 Å². The van der Waals surface area contributed by atoms with Gasteiger partial charge in [0.1, 0.15) is 21.8 Å². The first-order chi connectivity index (χ1) is 15.0. The number of aromatic carboxylic acids is 1. The average molecular weight is 597 g/mol. The van der Waals surface area contributed by atoms with Crippen molar-refractivity contribution in [1.82, 2.24) is 5.34 Å². The number of carbonyl (C=O) groups is 1. The van der Waals surface area contributed by atoms with Gasteiger partial charge in [0.15, 0.2) is 5.75 Å². The van der Waals surface area contributed by atoms with Crippen LogP contribution in [-0.2, 0) is 10.1 Å². The maximum absolute atomic E-state index is 11.6. The van der Waals surface area contributed by atoms with E-state index >= 15 is 0 Å². The molecular weight excluding hydrogens is 569 g/mol. The van der Waals surface area contributed by atoms with E-state index in [1.165, 1.54) is 18.2 Å². The molecule has 0 fully saturated rings. The molecule has 3 aromatic rings. The number of carboxylic acid groups (broad SMARTS) is 1. The fraction of sp³-hybridized carbons (Fsp3) is 0.150. The van der Waals surface area contributed by atoms with Crippen molar-refractivity contribution in [2.45, 2.75) is 26.7 Å². The van der Waals surface area contributed by atoms with E-state index in [1.54, 1.807) is 37.3 Å². The van der Waals surface area contributed by atoms with Crippen LogP contribution in [0.25, 0.3) is 10.8 Å². The molecule has 0 aliphatic rings. The Bertz CT molecular complexity index is 1330. The zero-order valence-corrected chi connectivity index (χ0v) is 23.9. The summed E-state index contributed by atoms with van der Waals surface area (Å²) in [5.74, 6) is -1.94. The molecule has 5 N–H and O–H groups in total. The minimum absolute atomic E-state index is 0. The number of azo groups is 1. The molecule has 12 nitrogen and oxygen atoms in total. The van der Waals surface area contributed by atoms with Crippen molar-refractivity contribution < 1.29 is 41.2 Å². The average Bonchev–Trinajstić information content (AvgIpc) is 2.73. The van der Waals surface area contributed by atoms with Crippen LogP contribution in [0.2, 0.25) is 0 Å². The van der Waals surface area contributed by atoms with Crippen molar-refractivity contribution in [2.75, 3.05) is 0 Å². The van der Waals surface area contributed by atoms with Gasteiger partial charge in [-0.1, -0.05) is 45.2 Å². The summed E-state index contributed by atoms with van der Waals surface area (Å²) >= 11 is 0.507. The number of hydrogen-bond acceptors (Lipinski definition) is 10. The summed E-state index contributed by atoms with van der Waals surface area (Å²) in [7, 11) is -4.54. The zero-order valence-electron chi connectivity index (χ0n) is 19.7. The second-order valence-corrected chi connectivity index (χ2v) is 8.04. The molecule has 0 amide bonds. The Hall–Kier alpha value is -0.911. The number of aromatic hydroxyl groups is 1. The molecule has 0 aromatic heterocycles. The van der Waals surface area contributed by atoms with Crippen LogP contribution in [0.5, 0.6) is 5.75 Å². The fourth-order valence-electron chi connectivity index (χ4n) is 2.60. The molecule has 3 rings (SSSR count). The predicted octanol–water partition coefficient (Wildman–Crippen LogP) is 4.78. The largest absolute Gasteiger partial charge is 2.00 e. The third-order valence-corrected chi connectivity index (χ3v) is 5.28. The number of benzene rings is 3. The SMILES string of the molecule is C.C.Cc1ccc(N=Nc2c(O)c(C(=O)O)cc3ccccc23)c(S(=O)(=O)O)c1.ON(O)[N]=[Ca].S.[Ca+2].[H-].[H-]. The summed E-state index contributed by atoms with van der Waals surface area (Å²) in [6.45, 7) is 1.64. The maximum atomic E-state index is 11.6. The minimum atomic E-state index is -4.54. The van der Waals surface area contributed by atoms with E-state index in [0.717, 1.165) is 0 Å². The Balaban J connectivity index is -0.000000303. The number of aryl methyl sites for hydroxylation is 1. The molecule has 3 aromatic carbocycles. The van der Waals surface area contributed by atoms with Crippen LogP contribution >= 0.6 is 13.5 Å². The maximum Gasteiger partial charge on any atom is 2.00 e. The normalized spacial score (nSPS) is 9.94. The Morgan fingerprint density at radius 3 is 2.11 bits per heavy atom. The summed E-state index contributed by atoms with van der Waals surface area (Å²) in [5.41, 5.74) is -0.0380. The van der Waals surface area contributed by atoms with E-state index in [0.29, 0.717) is 52.0 Å². The quantitative estimate of drug-likeness (QED) is 0.119. The smallest absolute Gasteiger partial charge is 1.00 e. The summed E-state index contributed by atoms with van der Waals surface area (Å²) < 4.78 is 35.5. The Morgan fingerprint density at radius 1 is 1.06 bits per heavy atom. The second-order valence-electron chi connectivity index (χ2n) is 6.20. The molecule has 0 heterocycles. The van der Waals surface area contributed by atoms with Gasteiger partial charge in [0.25, 0.3) is 10.1 Å². The molecule has 0 saturated carbocycles. The number of phenols is 1. The summed E-state index contributed by atoms with van der Waals surface area (Å²) in [6, 6.07) is 12.1. The van der Waals surface area contributed by atoms with Gasteiger partial charge in [-0.05, 0) is 36.1 Å². The number of rotatable bonds is 5. The van der Waals surface area contributed by atoms with Crippen molar-refractivity contribution in [3.63, 3.8) is 0 Å². The van der Waals surface area contributed by atoms with E-state index in [9.17, 15) is 28.0 Å². The number of fused-ring (bicyclic) bond motifs is 1. The van der Waals surface area contributed by atoms with E-state index in [4.69, 9.17) is 10.4 Å². The monoisotopic (exact) mass is 596 g/mol. The molecule has 16 heteroatoms. The van der Waals surface area contributed by atoms with Crippen LogP contribution in [0.4, 0.5) is 11.4 Å². The van der Waals surface area contributed by atoms with Crippen LogP contribution in [0.15, 0.2) is 65.2 Å². The predicted molar refractivity (Wildman–Crippen MR) is 143 cm³/mol. The van der Waals surface area contributed by atoms with Crippen molar-refractivity contribution in [3.05, 3.63) is 59.7 Å². The standard InChI is InChI=1S/C18H14N2O6S.2CH4.2Ca.H2N2O2.H2S.2H/c1-10-6-7-14(15(8-10)27(24,25)26)19-20-16-12-5-3-2-4-11(12)9-13(17(16)21)18(22)23;;;;;1-2(3)4;;;/h2-9,21H,1H3,(H,22,23)(H,24,25,26);2*1H4;;;3-4H;1H2;;/q;;;;+2;;;2*-1. The third-order valence-electron chi connectivity index (χ3n) is 4.00. The van der Waals surface area contributed by atoms with E-state index < -0.39 is 26.7 Å². The Morgan fingerprint density at radius 2 is 1.61 bits per heavy atom. The number of carboxylic acids is 1. The first kappa shape index (κ1) is 39.6. The van der Waals surface area contributed by atoms with E-state index in [2.05, 4.69) is 11.7 Å². The molecule has 0 aliphatic heterocycles. The number of nitrogens with zero attached hydrogens (tertiary/aromatic N) is 4. The molecule has 36 heavy (non-hydrogen) atoms. The molecule has 0 unspecified atom stereocenters. The molecule has 192 valence electrons. The van der Waals surface area contributed by atoms with Crippen LogP contribution in [0, 0.1) is 6.92 Å². The van der Waals surface area contributed by atoms with Gasteiger partial charge in [-0.2, -0.15) is 21.9 Å². The summed E-state index contributed by atoms with van der Waals surface area (Å²) in [5, 5.41) is 43.3. The van der Waals surface area contributed by atoms with Crippen molar-refractivity contribution in [3.8, 4) is 5.75 Å². The van der Waals surface area contributed by atoms with Crippen molar-refractivity contribution in [2.24, 2.45) is 11.7 Å². The van der Waals surface area contributed by atoms with Crippen LogP contribution in [0.3, 0.4) is 0 Å². The first-order valence-electron chi connectivity index (χ1n) is 8.58. The van der Waals surface area contributed by atoms with Gasteiger partial charge >= 0.3 is 96.6 Å². The van der Waals surface area contributed by atoms with Crippen LogP contribution in [0.1, 0.15) is 33.6 Å². The topological polar surface area (TPSA) is 193 Å². The minimum Gasteiger partial charge on any atom is -1.00 e. The summed E-state index contributed by atoms with van der Waals surface area (Å²) in [6.07, 6.45) is 0. The fourth-order valence-corrected chi connectivity index (χ4v) is 3.30. The van der Waals surface area contributed by atoms with Gasteiger partial charge in [-0.3, -0.25) is 4.55 Å². The van der Waals surface area contributed by atoms with E-state index in [-0.39, 0.29) is 91.2 Å². The first-order valence-corrected chi connectivity index (χ1v) is 11.0. The molecular formula is C20H28Ca2N4O8S2. The van der Waals surface area contributed by atoms with Crippen LogP contribution in [-0.4, -0.2) is 118 Å². The summed E-state index contributed by atoms with van der Waals surface area (Å²) in [4.78, 5) is 10.9. The molecule has 0 aliphatic carbocycles.